The van der Waals surface area contributed by atoms with E-state index in [9.17, 15) is 4.79 Å². The van der Waals surface area contributed by atoms with Gasteiger partial charge in [-0.1, -0.05) is 18.2 Å². The normalized spacial score (nSPS) is 10.5. The van der Waals surface area contributed by atoms with E-state index in [1.54, 1.807) is 17.2 Å². The average molecular weight is 360 g/mol. The third-order valence-electron chi connectivity index (χ3n) is 4.51. The third-order valence-corrected chi connectivity index (χ3v) is 4.51. The number of carbonyl (C=O) groups excluding carboxylic acids is 1. The predicted molar refractivity (Wildman–Crippen MR) is 110 cm³/mol. The molecule has 5 heteroatoms. The fraction of sp³-hybridized carbons (Fsp3) is 0.227. The van der Waals surface area contributed by atoms with Crippen molar-refractivity contribution in [1.29, 1.82) is 0 Å². The van der Waals surface area contributed by atoms with Crippen molar-refractivity contribution in [2.45, 2.75) is 27.7 Å². The smallest absolute Gasteiger partial charge is 0.277 e. The summed E-state index contributed by atoms with van der Waals surface area (Å²) in [4.78, 5) is 23.4. The van der Waals surface area contributed by atoms with Crippen molar-refractivity contribution >= 4 is 23.2 Å². The topological polar surface area (TPSA) is 58.1 Å². The van der Waals surface area contributed by atoms with Gasteiger partial charge in [0.1, 0.15) is 5.69 Å². The van der Waals surface area contributed by atoms with Crippen LogP contribution in [0.4, 0.5) is 17.3 Å². The summed E-state index contributed by atoms with van der Waals surface area (Å²) < 4.78 is 0. The monoisotopic (exact) mass is 360 g/mol. The lowest BCUT2D eigenvalue weighted by Gasteiger charge is -2.21. The van der Waals surface area contributed by atoms with Crippen molar-refractivity contribution in [2.24, 2.45) is 0 Å². The Morgan fingerprint density at radius 1 is 1.04 bits per heavy atom. The maximum absolute atomic E-state index is 13.0. The SMILES string of the molecule is CCN(C(=O)c1ccnc(Nc2ccc(C)c(C)c2)n1)c1cccc(C)c1. The van der Waals surface area contributed by atoms with Gasteiger partial charge in [0.15, 0.2) is 0 Å². The van der Waals surface area contributed by atoms with Gasteiger partial charge < -0.3 is 10.2 Å². The minimum absolute atomic E-state index is 0.145. The molecule has 0 saturated heterocycles. The van der Waals surface area contributed by atoms with Gasteiger partial charge in [-0.15, -0.1) is 0 Å². The first-order valence-corrected chi connectivity index (χ1v) is 9.04. The van der Waals surface area contributed by atoms with Gasteiger partial charge in [0, 0.05) is 24.1 Å². The predicted octanol–water partition coefficient (Wildman–Crippen LogP) is 4.81. The van der Waals surface area contributed by atoms with Gasteiger partial charge in [0.2, 0.25) is 5.95 Å². The van der Waals surface area contributed by atoms with E-state index in [0.29, 0.717) is 18.2 Å². The van der Waals surface area contributed by atoms with Gasteiger partial charge in [0.25, 0.3) is 5.91 Å². The molecule has 0 aliphatic carbocycles. The molecule has 0 aliphatic rings. The number of hydrogen-bond acceptors (Lipinski definition) is 4. The van der Waals surface area contributed by atoms with Gasteiger partial charge in [-0.05, 0) is 74.7 Å². The summed E-state index contributed by atoms with van der Waals surface area (Å²) in [6.45, 7) is 8.65. The molecule has 3 rings (SSSR count). The van der Waals surface area contributed by atoms with Gasteiger partial charge in [-0.25, -0.2) is 9.97 Å². The van der Waals surface area contributed by atoms with Crippen molar-refractivity contribution < 1.29 is 4.79 Å². The first-order chi connectivity index (χ1) is 13.0. The molecule has 5 nitrogen and oxygen atoms in total. The van der Waals surface area contributed by atoms with Crippen molar-refractivity contribution in [3.63, 3.8) is 0 Å². The van der Waals surface area contributed by atoms with Crippen LogP contribution < -0.4 is 10.2 Å². The third kappa shape index (κ3) is 4.31. The maximum Gasteiger partial charge on any atom is 0.277 e. The highest BCUT2D eigenvalue weighted by atomic mass is 16.2. The molecule has 0 aliphatic heterocycles. The molecular weight excluding hydrogens is 336 g/mol. The minimum atomic E-state index is -0.145. The molecule has 0 bridgehead atoms. The summed E-state index contributed by atoms with van der Waals surface area (Å²) in [5.74, 6) is 0.262. The van der Waals surface area contributed by atoms with Crippen LogP contribution in [0.3, 0.4) is 0 Å². The van der Waals surface area contributed by atoms with Crippen LogP contribution in [-0.2, 0) is 0 Å². The Hall–Kier alpha value is -3.21. The zero-order chi connectivity index (χ0) is 19.4. The van der Waals surface area contributed by atoms with Crippen LogP contribution in [0.25, 0.3) is 0 Å². The second-order valence-electron chi connectivity index (χ2n) is 6.58. The molecule has 2 aromatic carbocycles. The van der Waals surface area contributed by atoms with Crippen LogP contribution in [-0.4, -0.2) is 22.4 Å². The molecule has 1 amide bonds. The Morgan fingerprint density at radius 3 is 2.56 bits per heavy atom. The van der Waals surface area contributed by atoms with Crippen LogP contribution in [0.5, 0.6) is 0 Å². The van der Waals surface area contributed by atoms with E-state index < -0.39 is 0 Å². The van der Waals surface area contributed by atoms with Crippen LogP contribution in [0.2, 0.25) is 0 Å². The van der Waals surface area contributed by atoms with E-state index in [0.717, 1.165) is 16.9 Å². The molecule has 0 radical (unpaired) electrons. The first-order valence-electron chi connectivity index (χ1n) is 9.04. The number of amides is 1. The minimum Gasteiger partial charge on any atom is -0.324 e. The highest BCUT2D eigenvalue weighted by Crippen LogP contribution is 2.20. The molecule has 1 aromatic heterocycles. The van der Waals surface area contributed by atoms with Gasteiger partial charge in [-0.2, -0.15) is 0 Å². The number of nitrogens with one attached hydrogen (secondary N) is 1. The molecule has 0 unspecified atom stereocenters. The average Bonchev–Trinajstić information content (AvgIpc) is 2.65. The first kappa shape index (κ1) is 18.6. The van der Waals surface area contributed by atoms with Crippen LogP contribution >= 0.6 is 0 Å². The lowest BCUT2D eigenvalue weighted by atomic mass is 10.1. The zero-order valence-corrected chi connectivity index (χ0v) is 16.2. The lowest BCUT2D eigenvalue weighted by molar-refractivity contribution is 0.0983. The summed E-state index contributed by atoms with van der Waals surface area (Å²) in [6, 6.07) is 15.6. The van der Waals surface area contributed by atoms with Crippen LogP contribution in [0, 0.1) is 20.8 Å². The molecular formula is C22H24N4O. The van der Waals surface area contributed by atoms with Crippen molar-refractivity contribution in [3.05, 3.63) is 77.1 Å². The molecule has 0 fully saturated rings. The number of rotatable bonds is 5. The highest BCUT2D eigenvalue weighted by molar-refractivity contribution is 6.04. The Bertz CT molecular complexity index is 968. The van der Waals surface area contributed by atoms with Gasteiger partial charge in [-0.3, -0.25) is 4.79 Å². The number of benzene rings is 2. The van der Waals surface area contributed by atoms with E-state index in [1.807, 2.05) is 56.3 Å². The van der Waals surface area contributed by atoms with Crippen LogP contribution in [0.1, 0.15) is 34.1 Å². The largest absolute Gasteiger partial charge is 0.324 e. The number of aromatic nitrogens is 2. The molecule has 1 N–H and O–H groups in total. The lowest BCUT2D eigenvalue weighted by Crippen LogP contribution is -2.31. The molecule has 3 aromatic rings. The van der Waals surface area contributed by atoms with Crippen molar-refractivity contribution in [2.75, 3.05) is 16.8 Å². The molecule has 0 atom stereocenters. The van der Waals surface area contributed by atoms with Gasteiger partial charge >= 0.3 is 0 Å². The Morgan fingerprint density at radius 2 is 1.85 bits per heavy atom. The number of aryl methyl sites for hydroxylation is 3. The van der Waals surface area contributed by atoms with E-state index in [2.05, 4.69) is 29.1 Å². The van der Waals surface area contributed by atoms with E-state index in [4.69, 9.17) is 0 Å². The summed E-state index contributed by atoms with van der Waals surface area (Å²) in [7, 11) is 0. The fourth-order valence-electron chi connectivity index (χ4n) is 2.86. The Labute approximate surface area is 160 Å². The zero-order valence-electron chi connectivity index (χ0n) is 16.2. The van der Waals surface area contributed by atoms with Crippen LogP contribution in [0.15, 0.2) is 54.7 Å². The standard InChI is InChI=1S/C22H24N4O/c1-5-26(19-8-6-7-15(2)13-19)21(27)20-11-12-23-22(25-20)24-18-10-9-16(3)17(4)14-18/h6-14H,5H2,1-4H3,(H,23,24,25). The Balaban J connectivity index is 1.85. The second-order valence-corrected chi connectivity index (χ2v) is 6.58. The van der Waals surface area contributed by atoms with E-state index >= 15 is 0 Å². The van der Waals surface area contributed by atoms with E-state index in [-0.39, 0.29) is 5.91 Å². The fourth-order valence-corrected chi connectivity index (χ4v) is 2.86. The number of anilines is 3. The number of hydrogen-bond donors (Lipinski definition) is 1. The molecule has 0 spiro atoms. The molecule has 138 valence electrons. The Kier molecular flexibility index (Phi) is 5.50. The number of nitrogens with zero attached hydrogens (tertiary/aromatic N) is 3. The second kappa shape index (κ2) is 7.99. The molecule has 0 saturated carbocycles. The quantitative estimate of drug-likeness (QED) is 0.709. The molecule has 1 heterocycles. The molecule has 27 heavy (non-hydrogen) atoms. The number of carbonyl (C=O) groups is 1. The van der Waals surface area contributed by atoms with Gasteiger partial charge in [0.05, 0.1) is 0 Å². The summed E-state index contributed by atoms with van der Waals surface area (Å²) in [5.41, 5.74) is 5.64. The van der Waals surface area contributed by atoms with Crippen molar-refractivity contribution in [3.8, 4) is 0 Å². The van der Waals surface area contributed by atoms with E-state index in [1.165, 1.54) is 11.1 Å². The summed E-state index contributed by atoms with van der Waals surface area (Å²) in [6.07, 6.45) is 1.60. The summed E-state index contributed by atoms with van der Waals surface area (Å²) in [5, 5.41) is 3.18. The highest BCUT2D eigenvalue weighted by Gasteiger charge is 2.18. The maximum atomic E-state index is 13.0. The van der Waals surface area contributed by atoms with Crippen molar-refractivity contribution in [1.82, 2.24) is 9.97 Å². The summed E-state index contributed by atoms with van der Waals surface area (Å²) >= 11 is 0.